The maximum atomic E-state index is 6.21. The van der Waals surface area contributed by atoms with Gasteiger partial charge in [0.25, 0.3) is 0 Å². The highest BCUT2D eigenvalue weighted by molar-refractivity contribution is 5.18. The Hall–Kier alpha value is -0.860. The van der Waals surface area contributed by atoms with Gasteiger partial charge in [-0.1, -0.05) is 44.2 Å². The first-order valence-corrected chi connectivity index (χ1v) is 6.30. The normalized spacial score (nSPS) is 13.0. The van der Waals surface area contributed by atoms with Crippen molar-refractivity contribution in [2.75, 3.05) is 19.6 Å². The van der Waals surface area contributed by atoms with E-state index < -0.39 is 0 Å². The Kier molecular flexibility index (Phi) is 6.12. The second kappa shape index (κ2) is 7.42. The highest BCUT2D eigenvalue weighted by Crippen LogP contribution is 2.11. The van der Waals surface area contributed by atoms with Gasteiger partial charge in [0, 0.05) is 12.6 Å². The predicted octanol–water partition coefficient (Wildman–Crippen LogP) is 2.81. The summed E-state index contributed by atoms with van der Waals surface area (Å²) in [5.74, 6) is 0. The van der Waals surface area contributed by atoms with Gasteiger partial charge >= 0.3 is 0 Å². The van der Waals surface area contributed by atoms with Gasteiger partial charge in [-0.3, -0.25) is 0 Å². The second-order valence-corrected chi connectivity index (χ2v) is 4.32. The van der Waals surface area contributed by atoms with E-state index in [9.17, 15) is 0 Å². The molecule has 0 saturated heterocycles. The minimum absolute atomic E-state index is 0.138. The molecule has 1 rings (SSSR count). The SMILES string of the molecule is CCCN(CCC)C[C@@H](N)c1ccccc1. The molecule has 0 aliphatic rings. The van der Waals surface area contributed by atoms with Crippen molar-refractivity contribution in [1.29, 1.82) is 0 Å². The molecule has 0 saturated carbocycles. The number of nitrogens with two attached hydrogens (primary N) is 1. The molecule has 0 radical (unpaired) electrons. The zero-order valence-corrected chi connectivity index (χ0v) is 10.5. The van der Waals surface area contributed by atoms with Gasteiger partial charge in [0.15, 0.2) is 0 Å². The lowest BCUT2D eigenvalue weighted by atomic mass is 10.1. The minimum atomic E-state index is 0.138. The molecule has 0 aliphatic heterocycles. The monoisotopic (exact) mass is 220 g/mol. The Labute approximate surface area is 99.5 Å². The van der Waals surface area contributed by atoms with E-state index in [2.05, 4.69) is 43.0 Å². The predicted molar refractivity (Wildman–Crippen MR) is 70.4 cm³/mol. The van der Waals surface area contributed by atoms with E-state index in [-0.39, 0.29) is 6.04 Å². The summed E-state index contributed by atoms with van der Waals surface area (Å²) in [7, 11) is 0. The first kappa shape index (κ1) is 13.2. The van der Waals surface area contributed by atoms with Gasteiger partial charge in [-0.05, 0) is 31.5 Å². The lowest BCUT2D eigenvalue weighted by Crippen LogP contribution is -2.33. The van der Waals surface area contributed by atoms with E-state index in [1.165, 1.54) is 18.4 Å². The molecule has 1 atom stereocenters. The molecule has 0 aromatic heterocycles. The maximum absolute atomic E-state index is 6.21. The molecule has 1 aromatic carbocycles. The number of hydrogen-bond acceptors (Lipinski definition) is 2. The summed E-state index contributed by atoms with van der Waals surface area (Å²) in [4.78, 5) is 2.46. The summed E-state index contributed by atoms with van der Waals surface area (Å²) in [6.07, 6.45) is 2.39. The number of benzene rings is 1. The first-order chi connectivity index (χ1) is 7.77. The van der Waals surface area contributed by atoms with E-state index in [0.29, 0.717) is 0 Å². The van der Waals surface area contributed by atoms with Crippen molar-refractivity contribution in [3.63, 3.8) is 0 Å². The van der Waals surface area contributed by atoms with Crippen LogP contribution in [0.2, 0.25) is 0 Å². The van der Waals surface area contributed by atoms with Crippen LogP contribution in [0.3, 0.4) is 0 Å². The highest BCUT2D eigenvalue weighted by atomic mass is 15.1. The van der Waals surface area contributed by atoms with Crippen LogP contribution in [0, 0.1) is 0 Å². The van der Waals surface area contributed by atoms with Crippen LogP contribution in [0.1, 0.15) is 38.3 Å². The Morgan fingerprint density at radius 1 is 1.06 bits per heavy atom. The van der Waals surface area contributed by atoms with E-state index in [1.807, 2.05) is 6.07 Å². The quantitative estimate of drug-likeness (QED) is 0.765. The lowest BCUT2D eigenvalue weighted by molar-refractivity contribution is 0.258. The van der Waals surface area contributed by atoms with Crippen molar-refractivity contribution in [1.82, 2.24) is 4.90 Å². The van der Waals surface area contributed by atoms with Crippen molar-refractivity contribution < 1.29 is 0 Å². The molecular weight excluding hydrogens is 196 g/mol. The van der Waals surface area contributed by atoms with Crippen LogP contribution in [0.5, 0.6) is 0 Å². The second-order valence-electron chi connectivity index (χ2n) is 4.32. The summed E-state index contributed by atoms with van der Waals surface area (Å²) in [6, 6.07) is 10.5. The number of nitrogens with zero attached hydrogens (tertiary/aromatic N) is 1. The van der Waals surface area contributed by atoms with Crippen molar-refractivity contribution >= 4 is 0 Å². The number of rotatable bonds is 7. The smallest absolute Gasteiger partial charge is 0.0424 e. The fourth-order valence-electron chi connectivity index (χ4n) is 2.01. The topological polar surface area (TPSA) is 29.3 Å². The van der Waals surface area contributed by atoms with Crippen molar-refractivity contribution in [2.45, 2.75) is 32.7 Å². The Bertz CT molecular complexity index is 265. The van der Waals surface area contributed by atoms with Crippen molar-refractivity contribution in [3.05, 3.63) is 35.9 Å². The third-order valence-corrected chi connectivity index (χ3v) is 2.76. The van der Waals surface area contributed by atoms with Gasteiger partial charge in [0.05, 0.1) is 0 Å². The zero-order valence-electron chi connectivity index (χ0n) is 10.5. The van der Waals surface area contributed by atoms with Gasteiger partial charge in [-0.2, -0.15) is 0 Å². The molecule has 2 N–H and O–H groups in total. The van der Waals surface area contributed by atoms with Crippen LogP contribution in [-0.4, -0.2) is 24.5 Å². The summed E-state index contributed by atoms with van der Waals surface area (Å²) in [5, 5.41) is 0. The van der Waals surface area contributed by atoms with Gasteiger partial charge in [-0.15, -0.1) is 0 Å². The summed E-state index contributed by atoms with van der Waals surface area (Å²) in [5.41, 5.74) is 7.45. The van der Waals surface area contributed by atoms with Gasteiger partial charge < -0.3 is 10.6 Å². The standard InChI is InChI=1S/C14H24N2/c1-3-10-16(11-4-2)12-14(15)13-8-6-5-7-9-13/h5-9,14H,3-4,10-12,15H2,1-2H3/t14-/m1/s1. The molecule has 0 unspecified atom stereocenters. The number of hydrogen-bond donors (Lipinski definition) is 1. The van der Waals surface area contributed by atoms with Gasteiger partial charge in [0.2, 0.25) is 0 Å². The summed E-state index contributed by atoms with van der Waals surface area (Å²) in [6.45, 7) is 7.70. The average Bonchev–Trinajstić information content (AvgIpc) is 2.31. The van der Waals surface area contributed by atoms with E-state index in [0.717, 1.165) is 19.6 Å². The molecule has 0 bridgehead atoms. The van der Waals surface area contributed by atoms with Crippen LogP contribution >= 0.6 is 0 Å². The van der Waals surface area contributed by atoms with Crippen LogP contribution in [0.4, 0.5) is 0 Å². The van der Waals surface area contributed by atoms with E-state index in [1.54, 1.807) is 0 Å². The Balaban J connectivity index is 2.50. The molecular formula is C14H24N2. The third kappa shape index (κ3) is 4.33. The molecule has 2 heteroatoms. The van der Waals surface area contributed by atoms with Crippen LogP contribution in [-0.2, 0) is 0 Å². The lowest BCUT2D eigenvalue weighted by Gasteiger charge is -2.24. The summed E-state index contributed by atoms with van der Waals surface area (Å²) < 4.78 is 0. The van der Waals surface area contributed by atoms with Crippen molar-refractivity contribution in [2.24, 2.45) is 5.73 Å². The molecule has 0 fully saturated rings. The molecule has 90 valence electrons. The summed E-state index contributed by atoms with van der Waals surface area (Å²) >= 11 is 0. The molecule has 0 amide bonds. The molecule has 0 aliphatic carbocycles. The first-order valence-electron chi connectivity index (χ1n) is 6.30. The fourth-order valence-corrected chi connectivity index (χ4v) is 2.01. The Morgan fingerprint density at radius 3 is 2.12 bits per heavy atom. The fraction of sp³-hybridized carbons (Fsp3) is 0.571. The van der Waals surface area contributed by atoms with Crippen LogP contribution < -0.4 is 5.73 Å². The zero-order chi connectivity index (χ0) is 11.8. The molecule has 2 nitrogen and oxygen atoms in total. The van der Waals surface area contributed by atoms with Crippen LogP contribution in [0.15, 0.2) is 30.3 Å². The van der Waals surface area contributed by atoms with Gasteiger partial charge in [0.1, 0.15) is 0 Å². The average molecular weight is 220 g/mol. The molecule has 1 aromatic rings. The molecule has 16 heavy (non-hydrogen) atoms. The maximum Gasteiger partial charge on any atom is 0.0424 e. The highest BCUT2D eigenvalue weighted by Gasteiger charge is 2.10. The van der Waals surface area contributed by atoms with Crippen molar-refractivity contribution in [3.8, 4) is 0 Å². The Morgan fingerprint density at radius 2 is 1.62 bits per heavy atom. The third-order valence-electron chi connectivity index (χ3n) is 2.76. The van der Waals surface area contributed by atoms with Crippen LogP contribution in [0.25, 0.3) is 0 Å². The largest absolute Gasteiger partial charge is 0.323 e. The molecule has 0 heterocycles. The minimum Gasteiger partial charge on any atom is -0.323 e. The van der Waals surface area contributed by atoms with E-state index in [4.69, 9.17) is 5.73 Å². The molecule has 0 spiro atoms. The van der Waals surface area contributed by atoms with E-state index >= 15 is 0 Å². The van der Waals surface area contributed by atoms with Gasteiger partial charge in [-0.25, -0.2) is 0 Å².